The first-order valence-electron chi connectivity index (χ1n) is 5.52. The molecule has 0 bridgehead atoms. The molecule has 1 amide bonds. The highest BCUT2D eigenvalue weighted by Gasteiger charge is 2.05. The standard InChI is InChI=1S/C13H13BrN2OS/c1-15-12(17)8-18-7-10-6-11(14)5-9-3-2-4-16-13(9)10/h2-6H,7-8H2,1H3,(H,15,17). The Bertz CT molecular complexity index is 574. The van der Waals surface area contributed by atoms with Crippen molar-refractivity contribution in [3.05, 3.63) is 40.5 Å². The second-order valence-corrected chi connectivity index (χ2v) is 5.71. The highest BCUT2D eigenvalue weighted by Crippen LogP contribution is 2.25. The van der Waals surface area contributed by atoms with Crippen LogP contribution in [0.2, 0.25) is 0 Å². The van der Waals surface area contributed by atoms with Gasteiger partial charge in [0.1, 0.15) is 0 Å². The molecule has 3 nitrogen and oxygen atoms in total. The Hall–Kier alpha value is -1.07. The second kappa shape index (κ2) is 6.20. The molecule has 1 N–H and O–H groups in total. The van der Waals surface area contributed by atoms with Crippen LogP contribution in [0, 0.1) is 0 Å². The van der Waals surface area contributed by atoms with E-state index in [1.165, 1.54) is 0 Å². The Morgan fingerprint density at radius 3 is 3.11 bits per heavy atom. The number of amides is 1. The molecule has 2 rings (SSSR count). The van der Waals surface area contributed by atoms with Gasteiger partial charge in [-0.1, -0.05) is 22.0 Å². The van der Waals surface area contributed by atoms with Gasteiger partial charge < -0.3 is 5.32 Å². The van der Waals surface area contributed by atoms with E-state index in [4.69, 9.17) is 0 Å². The van der Waals surface area contributed by atoms with Crippen molar-refractivity contribution in [2.24, 2.45) is 0 Å². The number of thioether (sulfide) groups is 1. The van der Waals surface area contributed by atoms with Crippen LogP contribution in [0.25, 0.3) is 10.9 Å². The maximum absolute atomic E-state index is 11.2. The maximum atomic E-state index is 11.2. The molecule has 0 radical (unpaired) electrons. The number of carbonyl (C=O) groups is 1. The number of nitrogens with one attached hydrogen (secondary N) is 1. The van der Waals surface area contributed by atoms with E-state index < -0.39 is 0 Å². The number of rotatable bonds is 4. The molecule has 0 spiro atoms. The predicted molar refractivity (Wildman–Crippen MR) is 79.7 cm³/mol. The first-order valence-corrected chi connectivity index (χ1v) is 7.47. The number of hydrogen-bond acceptors (Lipinski definition) is 3. The Morgan fingerprint density at radius 2 is 2.33 bits per heavy atom. The molecule has 5 heteroatoms. The zero-order chi connectivity index (χ0) is 13.0. The maximum Gasteiger partial charge on any atom is 0.229 e. The Balaban J connectivity index is 2.19. The molecule has 94 valence electrons. The summed E-state index contributed by atoms with van der Waals surface area (Å²) in [7, 11) is 1.65. The van der Waals surface area contributed by atoms with Crippen LogP contribution in [0.5, 0.6) is 0 Å². The van der Waals surface area contributed by atoms with Gasteiger partial charge in [0, 0.05) is 28.9 Å². The Labute approximate surface area is 118 Å². The molecule has 18 heavy (non-hydrogen) atoms. The van der Waals surface area contributed by atoms with Crippen LogP contribution in [-0.2, 0) is 10.5 Å². The van der Waals surface area contributed by atoms with Gasteiger partial charge >= 0.3 is 0 Å². The van der Waals surface area contributed by atoms with Gasteiger partial charge in [-0.3, -0.25) is 9.78 Å². The molecule has 0 aliphatic carbocycles. The summed E-state index contributed by atoms with van der Waals surface area (Å²) < 4.78 is 1.04. The van der Waals surface area contributed by atoms with Gasteiger partial charge in [-0.05, 0) is 23.8 Å². The van der Waals surface area contributed by atoms with Gasteiger partial charge in [-0.2, -0.15) is 0 Å². The van der Waals surface area contributed by atoms with Crippen LogP contribution in [0.3, 0.4) is 0 Å². The van der Waals surface area contributed by atoms with Crippen molar-refractivity contribution < 1.29 is 4.79 Å². The molecule has 0 saturated carbocycles. The largest absolute Gasteiger partial charge is 0.358 e. The van der Waals surface area contributed by atoms with E-state index in [1.54, 1.807) is 25.0 Å². The molecular formula is C13H13BrN2OS. The smallest absolute Gasteiger partial charge is 0.229 e. The van der Waals surface area contributed by atoms with Crippen LogP contribution in [0.15, 0.2) is 34.9 Å². The predicted octanol–water partition coefficient (Wildman–Crippen LogP) is 2.98. The van der Waals surface area contributed by atoms with E-state index in [2.05, 4.69) is 38.4 Å². The van der Waals surface area contributed by atoms with Crippen molar-refractivity contribution in [3.8, 4) is 0 Å². The lowest BCUT2D eigenvalue weighted by atomic mass is 10.1. The van der Waals surface area contributed by atoms with Gasteiger partial charge in [0.15, 0.2) is 0 Å². The van der Waals surface area contributed by atoms with Crippen molar-refractivity contribution in [1.82, 2.24) is 10.3 Å². The molecular weight excluding hydrogens is 312 g/mol. The molecule has 0 fully saturated rings. The first kappa shape index (κ1) is 13.4. The van der Waals surface area contributed by atoms with Gasteiger partial charge in [-0.15, -0.1) is 11.8 Å². The summed E-state index contributed by atoms with van der Waals surface area (Å²) in [6, 6.07) is 8.08. The zero-order valence-electron chi connectivity index (χ0n) is 9.94. The van der Waals surface area contributed by atoms with E-state index in [9.17, 15) is 4.79 Å². The second-order valence-electron chi connectivity index (χ2n) is 3.81. The van der Waals surface area contributed by atoms with Gasteiger partial charge in [0.05, 0.1) is 11.3 Å². The number of aromatic nitrogens is 1. The summed E-state index contributed by atoms with van der Waals surface area (Å²) in [4.78, 5) is 15.6. The quantitative estimate of drug-likeness (QED) is 0.940. The lowest BCUT2D eigenvalue weighted by Gasteiger charge is -2.06. The fourth-order valence-corrected chi connectivity index (χ4v) is 3.06. The van der Waals surface area contributed by atoms with E-state index in [1.807, 2.05) is 12.1 Å². The van der Waals surface area contributed by atoms with Crippen LogP contribution >= 0.6 is 27.7 Å². The monoisotopic (exact) mass is 324 g/mol. The topological polar surface area (TPSA) is 42.0 Å². The molecule has 1 aromatic carbocycles. The third-order valence-electron chi connectivity index (χ3n) is 2.52. The number of hydrogen-bond donors (Lipinski definition) is 1. The number of halogens is 1. The average molecular weight is 325 g/mol. The summed E-state index contributed by atoms with van der Waals surface area (Å²) in [5, 5.41) is 3.73. The molecule has 2 aromatic rings. The molecule has 0 aliphatic rings. The normalized spacial score (nSPS) is 10.6. The van der Waals surface area contributed by atoms with Crippen LogP contribution in [0.1, 0.15) is 5.56 Å². The van der Waals surface area contributed by atoms with Crippen LogP contribution in [-0.4, -0.2) is 23.7 Å². The Kier molecular flexibility index (Phi) is 4.60. The summed E-state index contributed by atoms with van der Waals surface area (Å²) >= 11 is 5.09. The van der Waals surface area contributed by atoms with Crippen molar-refractivity contribution in [3.63, 3.8) is 0 Å². The minimum atomic E-state index is 0.0484. The molecule has 0 unspecified atom stereocenters. The number of nitrogens with zero attached hydrogens (tertiary/aromatic N) is 1. The summed E-state index contributed by atoms with van der Waals surface area (Å²) in [5.74, 6) is 1.30. The van der Waals surface area contributed by atoms with E-state index in [0.717, 1.165) is 26.7 Å². The van der Waals surface area contributed by atoms with E-state index in [-0.39, 0.29) is 5.91 Å². The Morgan fingerprint density at radius 1 is 1.50 bits per heavy atom. The van der Waals surface area contributed by atoms with Crippen molar-refractivity contribution in [2.75, 3.05) is 12.8 Å². The molecule has 0 atom stereocenters. The zero-order valence-corrected chi connectivity index (χ0v) is 12.3. The van der Waals surface area contributed by atoms with Crippen LogP contribution < -0.4 is 5.32 Å². The van der Waals surface area contributed by atoms with Crippen LogP contribution in [0.4, 0.5) is 0 Å². The minimum absolute atomic E-state index is 0.0484. The highest BCUT2D eigenvalue weighted by atomic mass is 79.9. The van der Waals surface area contributed by atoms with E-state index in [0.29, 0.717) is 5.75 Å². The molecule has 0 saturated heterocycles. The highest BCUT2D eigenvalue weighted by molar-refractivity contribution is 9.10. The average Bonchev–Trinajstić information content (AvgIpc) is 2.38. The third-order valence-corrected chi connectivity index (χ3v) is 3.96. The fraction of sp³-hybridized carbons (Fsp3) is 0.231. The van der Waals surface area contributed by atoms with Crippen molar-refractivity contribution >= 4 is 44.5 Å². The summed E-state index contributed by atoms with van der Waals surface area (Å²) in [6.07, 6.45) is 1.79. The summed E-state index contributed by atoms with van der Waals surface area (Å²) in [5.41, 5.74) is 2.15. The number of pyridine rings is 1. The molecule has 1 heterocycles. The number of fused-ring (bicyclic) bond motifs is 1. The first-order chi connectivity index (χ1) is 8.70. The minimum Gasteiger partial charge on any atom is -0.358 e. The molecule has 1 aromatic heterocycles. The number of benzene rings is 1. The third kappa shape index (κ3) is 3.23. The van der Waals surface area contributed by atoms with Gasteiger partial charge in [0.25, 0.3) is 0 Å². The lowest BCUT2D eigenvalue weighted by molar-refractivity contribution is -0.118. The van der Waals surface area contributed by atoms with Crippen molar-refractivity contribution in [2.45, 2.75) is 5.75 Å². The van der Waals surface area contributed by atoms with Gasteiger partial charge in [0.2, 0.25) is 5.91 Å². The van der Waals surface area contributed by atoms with Gasteiger partial charge in [-0.25, -0.2) is 0 Å². The fourth-order valence-electron chi connectivity index (χ4n) is 1.66. The van der Waals surface area contributed by atoms with E-state index >= 15 is 0 Å². The SMILES string of the molecule is CNC(=O)CSCc1cc(Br)cc2cccnc12. The van der Waals surface area contributed by atoms with Crippen molar-refractivity contribution in [1.29, 1.82) is 0 Å². The summed E-state index contributed by atoms with van der Waals surface area (Å²) in [6.45, 7) is 0. The lowest BCUT2D eigenvalue weighted by Crippen LogP contribution is -2.19. The number of carbonyl (C=O) groups excluding carboxylic acids is 1. The molecule has 0 aliphatic heterocycles.